The van der Waals surface area contributed by atoms with Crippen LogP contribution in [0, 0.1) is 0 Å². The van der Waals surface area contributed by atoms with Gasteiger partial charge in [-0.15, -0.1) is 0 Å². The molecule has 3 rings (SSSR count). The topological polar surface area (TPSA) is 124 Å². The number of amides is 1. The number of fused-ring (bicyclic) bond motifs is 1. The smallest absolute Gasteiger partial charge is 0.323 e. The number of ether oxygens (including phenoxy) is 3. The van der Waals surface area contributed by atoms with Crippen LogP contribution in [-0.2, 0) is 18.5 Å². The Balaban J connectivity index is 1.55. The van der Waals surface area contributed by atoms with Gasteiger partial charge in [-0.25, -0.2) is 0 Å². The predicted molar refractivity (Wildman–Crippen MR) is 192 cm³/mol. The fraction of sp³-hybridized carbons (Fsp3) is 0.684. The molecule has 3 N–H and O–H groups in total. The van der Waals surface area contributed by atoms with Crippen LogP contribution in [0.5, 0.6) is 11.5 Å². The summed E-state index contributed by atoms with van der Waals surface area (Å²) in [6.07, 6.45) is 16.1. The summed E-state index contributed by atoms with van der Waals surface area (Å²) < 4.78 is 23.7. The van der Waals surface area contributed by atoms with Crippen molar-refractivity contribution in [1.82, 2.24) is 5.32 Å². The van der Waals surface area contributed by atoms with Gasteiger partial charge in [-0.3, -0.25) is 9.59 Å². The normalized spacial score (nSPS) is 18.4. The molecule has 2 aromatic carbocycles. The minimum Gasteiger partial charge on any atom is -0.506 e. The number of unbranched alkanes of at least 4 members (excludes halogenated alkanes) is 13. The summed E-state index contributed by atoms with van der Waals surface area (Å²) in [4.78, 5) is 25.8. The van der Waals surface area contributed by atoms with E-state index in [-0.39, 0.29) is 23.5 Å². The van der Waals surface area contributed by atoms with E-state index in [9.17, 15) is 19.8 Å². The largest absolute Gasteiger partial charge is 0.506 e. The number of nitrogens with one attached hydrogen (secondary N) is 1. The zero-order valence-corrected chi connectivity index (χ0v) is 30.3. The van der Waals surface area contributed by atoms with Gasteiger partial charge in [0, 0.05) is 23.1 Å². The number of carbonyl (C=O) groups is 2. The van der Waals surface area contributed by atoms with Crippen molar-refractivity contribution in [3.05, 3.63) is 35.9 Å². The molecule has 0 bridgehead atoms. The average Bonchev–Trinajstić information content (AvgIpc) is 3.17. The van der Waals surface area contributed by atoms with Crippen LogP contribution in [-0.4, -0.2) is 59.2 Å². The van der Waals surface area contributed by atoms with Crippen LogP contribution >= 0.6 is 12.0 Å². The number of hydrogen-bond acceptors (Lipinski definition) is 9. The molecule has 10 heteroatoms. The molecule has 270 valence electrons. The Hall–Kier alpha value is -2.53. The number of hydrogen-bond donors (Lipinski definition) is 3. The third-order valence-electron chi connectivity index (χ3n) is 8.85. The molecule has 1 saturated heterocycles. The maximum absolute atomic E-state index is 13.3. The molecule has 1 aliphatic heterocycles. The fourth-order valence-electron chi connectivity index (χ4n) is 5.94. The van der Waals surface area contributed by atoms with Gasteiger partial charge in [0.25, 0.3) is 5.91 Å². The van der Waals surface area contributed by atoms with Crippen LogP contribution < -0.4 is 10.1 Å². The van der Waals surface area contributed by atoms with Crippen molar-refractivity contribution in [2.75, 3.05) is 18.9 Å². The van der Waals surface area contributed by atoms with Crippen LogP contribution in [0.1, 0.15) is 140 Å². The number of phenols is 1. The number of phenolic OH excluding ortho intramolecular Hbond substituents is 1. The minimum absolute atomic E-state index is 0.0721. The number of aliphatic hydroxyl groups is 1. The lowest BCUT2D eigenvalue weighted by Crippen LogP contribution is -2.46. The molecule has 0 saturated carbocycles. The van der Waals surface area contributed by atoms with Crippen LogP contribution in [0.2, 0.25) is 0 Å². The second-order valence-corrected chi connectivity index (χ2v) is 13.7. The van der Waals surface area contributed by atoms with Crippen LogP contribution in [0.4, 0.5) is 0 Å². The number of aliphatic hydroxyl groups excluding tert-OH is 1. The third kappa shape index (κ3) is 13.4. The van der Waals surface area contributed by atoms with E-state index in [2.05, 4.69) is 12.2 Å². The molecule has 2 aromatic rings. The first kappa shape index (κ1) is 39.9. The lowest BCUT2D eigenvalue weighted by molar-refractivity contribution is -0.309. The van der Waals surface area contributed by atoms with E-state index in [4.69, 9.17) is 18.4 Å². The average molecular weight is 690 g/mol. The van der Waals surface area contributed by atoms with Crippen molar-refractivity contribution >= 4 is 34.7 Å². The Bertz CT molecular complexity index is 1240. The molecular weight excluding hydrogens is 630 g/mol. The maximum atomic E-state index is 13.3. The Labute approximate surface area is 292 Å². The first-order valence-electron chi connectivity index (χ1n) is 18.3. The molecule has 0 aromatic heterocycles. The maximum Gasteiger partial charge on any atom is 0.323 e. The summed E-state index contributed by atoms with van der Waals surface area (Å²) in [6.45, 7) is 6.45. The molecular formula is C38H59NO8S. The van der Waals surface area contributed by atoms with E-state index in [0.717, 1.165) is 31.3 Å². The predicted octanol–water partition coefficient (Wildman–Crippen LogP) is 8.97. The molecule has 3 atom stereocenters. The Morgan fingerprint density at radius 2 is 1.56 bits per heavy atom. The van der Waals surface area contributed by atoms with Gasteiger partial charge >= 0.3 is 5.97 Å². The molecule has 0 spiro atoms. The van der Waals surface area contributed by atoms with Crippen molar-refractivity contribution in [2.45, 2.75) is 148 Å². The Morgan fingerprint density at radius 1 is 0.958 bits per heavy atom. The summed E-state index contributed by atoms with van der Waals surface area (Å²) in [5.74, 6) is -1.55. The monoisotopic (exact) mass is 689 g/mol. The zero-order chi connectivity index (χ0) is 34.6. The molecule has 48 heavy (non-hydrogen) atoms. The fourth-order valence-corrected chi connectivity index (χ4v) is 6.45. The van der Waals surface area contributed by atoms with Gasteiger partial charge in [-0.05, 0) is 32.3 Å². The van der Waals surface area contributed by atoms with Crippen LogP contribution in [0.15, 0.2) is 30.3 Å². The number of benzene rings is 2. The highest BCUT2D eigenvalue weighted by atomic mass is 32.2. The molecule has 1 heterocycles. The highest BCUT2D eigenvalue weighted by Gasteiger charge is 2.40. The standard InChI is InChI=1S/C38H59NO8S/c1-4-6-7-8-9-10-11-12-13-14-15-16-17-20-24-39-36(43)32-27-33(30-22-18-19-23-31(30)35(32)42)45-37(29(3)40)46-38(5-2)28-34(41)47-48-26-21-25-44-38/h18-19,22-23,27,29,37,40,42H,4-17,20-21,24-26,28H2,1-3H3,(H,39,43). The second kappa shape index (κ2) is 22.2. The number of rotatable bonds is 22. The number of carbonyl (C=O) groups excluding carboxylic acids is 2. The summed E-state index contributed by atoms with van der Waals surface area (Å²) >= 11 is 1.09. The first-order valence-corrected chi connectivity index (χ1v) is 19.2. The molecule has 0 radical (unpaired) electrons. The van der Waals surface area contributed by atoms with Crippen molar-refractivity contribution in [2.24, 2.45) is 0 Å². The van der Waals surface area contributed by atoms with Crippen LogP contribution in [0.25, 0.3) is 10.8 Å². The van der Waals surface area contributed by atoms with Gasteiger partial charge in [0.2, 0.25) is 6.29 Å². The molecule has 1 fully saturated rings. The van der Waals surface area contributed by atoms with E-state index >= 15 is 0 Å². The highest BCUT2D eigenvalue weighted by molar-refractivity contribution is 7.95. The Kier molecular flexibility index (Phi) is 18.5. The SMILES string of the molecule is CCCCCCCCCCCCCCCCNC(=O)c1cc(OC(OC2(CC)CC(=O)OSCCCO2)C(C)O)c2ccccc2c1O. The number of aromatic hydroxyl groups is 1. The second-order valence-electron chi connectivity index (χ2n) is 12.9. The van der Waals surface area contributed by atoms with Gasteiger partial charge in [0.1, 0.15) is 24.0 Å². The summed E-state index contributed by atoms with van der Waals surface area (Å²) in [5, 5.41) is 25.7. The van der Waals surface area contributed by atoms with E-state index in [1.807, 2.05) is 6.92 Å². The molecule has 9 nitrogen and oxygen atoms in total. The van der Waals surface area contributed by atoms with Gasteiger partial charge in [0.15, 0.2) is 5.79 Å². The van der Waals surface area contributed by atoms with E-state index in [1.54, 1.807) is 24.3 Å². The van der Waals surface area contributed by atoms with Gasteiger partial charge in [0.05, 0.1) is 24.2 Å². The van der Waals surface area contributed by atoms with Crippen LogP contribution in [0.3, 0.4) is 0 Å². The molecule has 0 aliphatic carbocycles. The van der Waals surface area contributed by atoms with Crippen molar-refractivity contribution in [3.63, 3.8) is 0 Å². The summed E-state index contributed by atoms with van der Waals surface area (Å²) in [5.41, 5.74) is 0.0721. The Morgan fingerprint density at radius 3 is 2.17 bits per heavy atom. The van der Waals surface area contributed by atoms with Gasteiger partial charge in [-0.1, -0.05) is 122 Å². The summed E-state index contributed by atoms with van der Waals surface area (Å²) in [6, 6.07) is 8.52. The van der Waals surface area contributed by atoms with Gasteiger partial charge in [-0.2, -0.15) is 0 Å². The zero-order valence-electron chi connectivity index (χ0n) is 29.4. The molecule has 1 amide bonds. The lowest BCUT2D eigenvalue weighted by atomic mass is 10.0. The van der Waals surface area contributed by atoms with E-state index in [0.29, 0.717) is 42.5 Å². The molecule has 3 unspecified atom stereocenters. The van der Waals surface area contributed by atoms with Crippen molar-refractivity contribution in [3.8, 4) is 11.5 Å². The van der Waals surface area contributed by atoms with Crippen molar-refractivity contribution < 1.29 is 38.2 Å². The minimum atomic E-state index is -1.37. The van der Waals surface area contributed by atoms with E-state index in [1.165, 1.54) is 83.6 Å². The highest BCUT2D eigenvalue weighted by Crippen LogP contribution is 2.38. The van der Waals surface area contributed by atoms with E-state index < -0.39 is 30.1 Å². The third-order valence-corrected chi connectivity index (χ3v) is 9.61. The lowest BCUT2D eigenvalue weighted by Gasteiger charge is -2.36. The summed E-state index contributed by atoms with van der Waals surface area (Å²) in [7, 11) is 0. The molecule has 1 aliphatic rings. The first-order chi connectivity index (χ1) is 23.3. The van der Waals surface area contributed by atoms with Gasteiger partial charge < -0.3 is 33.9 Å². The quantitative estimate of drug-likeness (QED) is 0.0631. The van der Waals surface area contributed by atoms with Crippen molar-refractivity contribution in [1.29, 1.82) is 0 Å².